The van der Waals surface area contributed by atoms with Gasteiger partial charge in [-0.05, 0) is 55.5 Å². The van der Waals surface area contributed by atoms with Crippen molar-refractivity contribution < 1.29 is 4.39 Å². The van der Waals surface area contributed by atoms with E-state index in [1.54, 1.807) is 24.5 Å². The predicted molar refractivity (Wildman–Crippen MR) is 78.9 cm³/mol. The van der Waals surface area contributed by atoms with Crippen LogP contribution in [-0.2, 0) is 0 Å². The molecule has 3 nitrogen and oxygen atoms in total. The molecule has 1 N–H and O–H groups in total. The molecular weight excluding hydrogens is 273 g/mol. The third kappa shape index (κ3) is 2.16. The maximum absolute atomic E-state index is 13.1. The Morgan fingerprint density at radius 1 is 1.10 bits per heavy atom. The van der Waals surface area contributed by atoms with Crippen molar-refractivity contribution in [2.45, 2.75) is 6.92 Å². The molecule has 0 aliphatic rings. The number of benzene rings is 1. The van der Waals surface area contributed by atoms with Crippen LogP contribution in [0.3, 0.4) is 0 Å². The van der Waals surface area contributed by atoms with Crippen molar-refractivity contribution >= 4 is 12.2 Å². The van der Waals surface area contributed by atoms with Crippen molar-refractivity contribution in [1.29, 1.82) is 0 Å². The van der Waals surface area contributed by atoms with Gasteiger partial charge in [0.05, 0.1) is 5.69 Å². The minimum atomic E-state index is -0.266. The maximum Gasteiger partial charge on any atom is 0.182 e. The second kappa shape index (κ2) is 5.02. The topological polar surface area (TPSA) is 33.6 Å². The number of H-pyrrole nitrogens is 1. The predicted octanol–water partition coefficient (Wildman–Crippen LogP) is 4.04. The first-order valence-corrected chi connectivity index (χ1v) is 6.55. The molecule has 0 aliphatic heterocycles. The number of hydrogen-bond donors (Lipinski definition) is 1. The van der Waals surface area contributed by atoms with Crippen LogP contribution < -0.4 is 0 Å². The van der Waals surface area contributed by atoms with E-state index in [2.05, 4.69) is 9.97 Å². The number of halogens is 1. The van der Waals surface area contributed by atoms with Gasteiger partial charge < -0.3 is 4.98 Å². The molecule has 0 unspecified atom stereocenters. The summed E-state index contributed by atoms with van der Waals surface area (Å²) in [5, 5.41) is 0. The summed E-state index contributed by atoms with van der Waals surface area (Å²) < 4.78 is 15.6. The molecule has 20 heavy (non-hydrogen) atoms. The first-order chi connectivity index (χ1) is 9.66. The quantitative estimate of drug-likeness (QED) is 0.721. The number of nitrogens with zero attached hydrogens (tertiary/aromatic N) is 2. The SMILES string of the molecule is Cc1[nH]c(=S)n(-c2ccc(F)cc2)c1-c1ccncc1. The lowest BCUT2D eigenvalue weighted by molar-refractivity contribution is 0.627. The summed E-state index contributed by atoms with van der Waals surface area (Å²) in [7, 11) is 0. The summed E-state index contributed by atoms with van der Waals surface area (Å²) in [6, 6.07) is 10.1. The lowest BCUT2D eigenvalue weighted by Gasteiger charge is -2.09. The highest BCUT2D eigenvalue weighted by atomic mass is 32.1. The zero-order valence-corrected chi connectivity index (χ0v) is 11.6. The van der Waals surface area contributed by atoms with Crippen molar-refractivity contribution in [3.05, 3.63) is 65.1 Å². The molecule has 0 fully saturated rings. The molecule has 0 radical (unpaired) electrons. The monoisotopic (exact) mass is 285 g/mol. The van der Waals surface area contributed by atoms with Crippen molar-refractivity contribution in [3.8, 4) is 16.9 Å². The Bertz CT molecular complexity index is 788. The first kappa shape index (κ1) is 12.7. The van der Waals surface area contributed by atoms with Gasteiger partial charge in [0.1, 0.15) is 5.82 Å². The largest absolute Gasteiger partial charge is 0.334 e. The fourth-order valence-corrected chi connectivity index (χ4v) is 2.59. The van der Waals surface area contributed by atoms with Gasteiger partial charge in [0.2, 0.25) is 0 Å². The maximum atomic E-state index is 13.1. The molecule has 100 valence electrons. The van der Waals surface area contributed by atoms with Crippen LogP contribution in [0, 0.1) is 17.5 Å². The Balaban J connectivity index is 2.26. The van der Waals surface area contributed by atoms with Gasteiger partial charge in [0.15, 0.2) is 4.77 Å². The number of hydrogen-bond acceptors (Lipinski definition) is 2. The van der Waals surface area contributed by atoms with Crippen molar-refractivity contribution in [1.82, 2.24) is 14.5 Å². The molecule has 2 heterocycles. The standard InChI is InChI=1S/C15H12FN3S/c1-10-14(11-6-8-17-9-7-11)19(15(20)18-10)13-4-2-12(16)3-5-13/h2-9H,1H3,(H,18,20). The summed E-state index contributed by atoms with van der Waals surface area (Å²) in [4.78, 5) is 7.18. The summed E-state index contributed by atoms with van der Waals surface area (Å²) in [5.41, 5.74) is 3.76. The fraction of sp³-hybridized carbons (Fsp3) is 0.0667. The summed E-state index contributed by atoms with van der Waals surface area (Å²) in [5.74, 6) is -0.266. The average molecular weight is 285 g/mol. The van der Waals surface area contributed by atoms with E-state index >= 15 is 0 Å². The van der Waals surface area contributed by atoms with Crippen LogP contribution in [0.15, 0.2) is 48.8 Å². The van der Waals surface area contributed by atoms with Gasteiger partial charge in [-0.15, -0.1) is 0 Å². The van der Waals surface area contributed by atoms with Crippen LogP contribution in [-0.4, -0.2) is 14.5 Å². The van der Waals surface area contributed by atoms with Crippen molar-refractivity contribution in [2.75, 3.05) is 0 Å². The lowest BCUT2D eigenvalue weighted by atomic mass is 10.1. The number of nitrogens with one attached hydrogen (secondary N) is 1. The lowest BCUT2D eigenvalue weighted by Crippen LogP contribution is -1.97. The summed E-state index contributed by atoms with van der Waals surface area (Å²) in [6.07, 6.45) is 3.47. The molecular formula is C15H12FN3S. The molecule has 3 aromatic rings. The van der Waals surface area contributed by atoms with Gasteiger partial charge in [0, 0.05) is 29.3 Å². The van der Waals surface area contributed by atoms with Gasteiger partial charge in [-0.1, -0.05) is 0 Å². The van der Waals surface area contributed by atoms with Crippen molar-refractivity contribution in [2.24, 2.45) is 0 Å². The zero-order valence-electron chi connectivity index (χ0n) is 10.8. The van der Waals surface area contributed by atoms with E-state index in [4.69, 9.17) is 12.2 Å². The number of aromatic nitrogens is 3. The zero-order chi connectivity index (χ0) is 14.1. The molecule has 0 saturated heterocycles. The van der Waals surface area contributed by atoms with Gasteiger partial charge in [-0.2, -0.15) is 0 Å². The minimum absolute atomic E-state index is 0.266. The van der Waals surface area contributed by atoms with E-state index in [0.29, 0.717) is 4.77 Å². The molecule has 0 spiro atoms. The Hall–Kier alpha value is -2.27. The second-order valence-electron chi connectivity index (χ2n) is 4.45. The molecule has 3 rings (SSSR count). The number of pyridine rings is 1. The van der Waals surface area contributed by atoms with Crippen LogP contribution >= 0.6 is 12.2 Å². The molecule has 0 amide bonds. The molecule has 0 aliphatic carbocycles. The molecule has 1 aromatic carbocycles. The van der Waals surface area contributed by atoms with Gasteiger partial charge >= 0.3 is 0 Å². The highest BCUT2D eigenvalue weighted by Crippen LogP contribution is 2.26. The number of imidazole rings is 1. The van der Waals surface area contributed by atoms with Crippen LogP contribution in [0.25, 0.3) is 16.9 Å². The highest BCUT2D eigenvalue weighted by molar-refractivity contribution is 7.71. The number of aromatic amines is 1. The third-order valence-corrected chi connectivity index (χ3v) is 3.40. The molecule has 0 bridgehead atoms. The normalized spacial score (nSPS) is 10.7. The molecule has 0 atom stereocenters. The first-order valence-electron chi connectivity index (χ1n) is 6.15. The third-order valence-electron chi connectivity index (χ3n) is 3.11. The van der Waals surface area contributed by atoms with Gasteiger partial charge in [-0.25, -0.2) is 4.39 Å². The van der Waals surface area contributed by atoms with E-state index in [1.807, 2.05) is 23.6 Å². The van der Waals surface area contributed by atoms with E-state index in [0.717, 1.165) is 22.6 Å². The van der Waals surface area contributed by atoms with Crippen LogP contribution in [0.1, 0.15) is 5.69 Å². The number of rotatable bonds is 2. The van der Waals surface area contributed by atoms with Crippen LogP contribution in [0.5, 0.6) is 0 Å². The van der Waals surface area contributed by atoms with E-state index < -0.39 is 0 Å². The Kier molecular flexibility index (Phi) is 3.20. The smallest absolute Gasteiger partial charge is 0.182 e. The van der Waals surface area contributed by atoms with E-state index in [-0.39, 0.29) is 5.82 Å². The number of aryl methyl sites for hydroxylation is 1. The average Bonchev–Trinajstić information content (AvgIpc) is 2.75. The molecule has 2 aromatic heterocycles. The minimum Gasteiger partial charge on any atom is -0.334 e. The summed E-state index contributed by atoms with van der Waals surface area (Å²) >= 11 is 5.37. The summed E-state index contributed by atoms with van der Waals surface area (Å²) in [6.45, 7) is 1.96. The van der Waals surface area contributed by atoms with Crippen LogP contribution in [0.4, 0.5) is 4.39 Å². The highest BCUT2D eigenvalue weighted by Gasteiger charge is 2.12. The van der Waals surface area contributed by atoms with E-state index in [9.17, 15) is 4.39 Å². The van der Waals surface area contributed by atoms with Crippen LogP contribution in [0.2, 0.25) is 0 Å². The molecule has 0 saturated carbocycles. The Labute approximate surface area is 120 Å². The second-order valence-corrected chi connectivity index (χ2v) is 4.84. The molecule has 5 heteroatoms. The van der Waals surface area contributed by atoms with Gasteiger partial charge in [0.25, 0.3) is 0 Å². The van der Waals surface area contributed by atoms with Crippen molar-refractivity contribution in [3.63, 3.8) is 0 Å². The Morgan fingerprint density at radius 3 is 2.40 bits per heavy atom. The van der Waals surface area contributed by atoms with Gasteiger partial charge in [-0.3, -0.25) is 9.55 Å². The Morgan fingerprint density at radius 2 is 1.75 bits per heavy atom. The van der Waals surface area contributed by atoms with E-state index in [1.165, 1.54) is 12.1 Å². The fourth-order valence-electron chi connectivity index (χ4n) is 2.24.